The van der Waals surface area contributed by atoms with Gasteiger partial charge in [-0.3, -0.25) is 4.79 Å². The van der Waals surface area contributed by atoms with Gasteiger partial charge in [0.05, 0.1) is 12.1 Å². The van der Waals surface area contributed by atoms with Gasteiger partial charge >= 0.3 is 12.1 Å². The number of benzene rings is 2. The highest BCUT2D eigenvalue weighted by Gasteiger charge is 2.45. The van der Waals surface area contributed by atoms with Crippen molar-refractivity contribution in [1.29, 1.82) is 0 Å². The van der Waals surface area contributed by atoms with Crippen molar-refractivity contribution in [3.63, 3.8) is 0 Å². The Kier molecular flexibility index (Phi) is 4.36. The molecule has 2 aliphatic rings. The molecule has 140 valence electrons. The van der Waals surface area contributed by atoms with Crippen LogP contribution in [0.5, 0.6) is 0 Å². The molecule has 27 heavy (non-hydrogen) atoms. The minimum atomic E-state index is -1.11. The van der Waals surface area contributed by atoms with Gasteiger partial charge in [-0.15, -0.1) is 0 Å². The van der Waals surface area contributed by atoms with Crippen LogP contribution in [0.25, 0.3) is 11.1 Å². The van der Waals surface area contributed by atoms with Crippen molar-refractivity contribution in [3.8, 4) is 11.1 Å². The second kappa shape index (κ2) is 6.70. The van der Waals surface area contributed by atoms with Crippen LogP contribution in [0.3, 0.4) is 0 Å². The molecular weight excluding hydrogens is 346 g/mol. The summed E-state index contributed by atoms with van der Waals surface area (Å²) < 4.78 is 5.55. The number of likely N-dealkylation sites (tertiary alicyclic amines) is 1. The molecule has 2 aromatic rings. The molecule has 1 aliphatic carbocycles. The molecule has 1 saturated heterocycles. The van der Waals surface area contributed by atoms with Crippen molar-refractivity contribution in [2.45, 2.75) is 25.0 Å². The van der Waals surface area contributed by atoms with Gasteiger partial charge in [-0.25, -0.2) is 4.79 Å². The van der Waals surface area contributed by atoms with Crippen LogP contribution < -0.4 is 0 Å². The Hall–Kier alpha value is -2.86. The second-order valence-corrected chi connectivity index (χ2v) is 7.13. The minimum Gasteiger partial charge on any atom is -0.481 e. The molecule has 1 fully saturated rings. The number of aliphatic hydroxyl groups is 1. The molecule has 3 atom stereocenters. The van der Waals surface area contributed by atoms with Crippen LogP contribution in [0.2, 0.25) is 0 Å². The van der Waals surface area contributed by atoms with Crippen LogP contribution >= 0.6 is 0 Å². The molecule has 6 nitrogen and oxygen atoms in total. The van der Waals surface area contributed by atoms with Crippen molar-refractivity contribution in [2.24, 2.45) is 5.92 Å². The fraction of sp³-hybridized carbons (Fsp3) is 0.333. The zero-order chi connectivity index (χ0) is 19.1. The number of nitrogens with zero attached hydrogens (tertiary/aromatic N) is 1. The van der Waals surface area contributed by atoms with Crippen molar-refractivity contribution >= 4 is 12.1 Å². The fourth-order valence-corrected chi connectivity index (χ4v) is 4.15. The molecule has 1 heterocycles. The van der Waals surface area contributed by atoms with Crippen LogP contribution in [0.4, 0.5) is 4.79 Å². The summed E-state index contributed by atoms with van der Waals surface area (Å²) in [5, 5.41) is 19.2. The zero-order valence-corrected chi connectivity index (χ0v) is 14.9. The SMILES string of the molecule is C[C@@H]1C(O)C(C(=O)O)CN1C(=O)OCC1c2ccccc2-c2ccccc21. The molecule has 2 unspecified atom stereocenters. The molecule has 0 radical (unpaired) electrons. The number of aliphatic hydroxyl groups excluding tert-OH is 1. The Morgan fingerprint density at radius 3 is 2.15 bits per heavy atom. The van der Waals surface area contributed by atoms with E-state index >= 15 is 0 Å². The van der Waals surface area contributed by atoms with Crippen LogP contribution in [-0.2, 0) is 9.53 Å². The summed E-state index contributed by atoms with van der Waals surface area (Å²) in [6.45, 7) is 1.76. The molecule has 6 heteroatoms. The maximum atomic E-state index is 12.5. The number of carbonyl (C=O) groups excluding carboxylic acids is 1. The maximum absolute atomic E-state index is 12.5. The third kappa shape index (κ3) is 2.86. The van der Waals surface area contributed by atoms with Crippen LogP contribution in [-0.4, -0.2) is 52.5 Å². The molecule has 1 aliphatic heterocycles. The lowest BCUT2D eigenvalue weighted by Crippen LogP contribution is -2.38. The van der Waals surface area contributed by atoms with Gasteiger partial charge in [-0.05, 0) is 29.2 Å². The Balaban J connectivity index is 1.51. The number of carbonyl (C=O) groups is 2. The first kappa shape index (κ1) is 17.5. The monoisotopic (exact) mass is 367 g/mol. The molecule has 2 N–H and O–H groups in total. The standard InChI is InChI=1S/C21H21NO5/c1-12-19(23)17(20(24)25)10-22(12)21(26)27-11-18-15-8-4-2-6-13(15)14-7-3-5-9-16(14)18/h2-9,12,17-19,23H,10-11H2,1H3,(H,24,25)/t12-,17?,19?/m1/s1. The summed E-state index contributed by atoms with van der Waals surface area (Å²) in [6, 6.07) is 15.5. The predicted molar refractivity (Wildman–Crippen MR) is 98.4 cm³/mol. The summed E-state index contributed by atoms with van der Waals surface area (Å²) >= 11 is 0. The molecule has 2 aromatic carbocycles. The summed E-state index contributed by atoms with van der Waals surface area (Å²) in [7, 11) is 0. The van der Waals surface area contributed by atoms with E-state index in [2.05, 4.69) is 12.1 Å². The van der Waals surface area contributed by atoms with Gasteiger partial charge < -0.3 is 19.8 Å². The van der Waals surface area contributed by atoms with E-state index in [0.29, 0.717) is 0 Å². The maximum Gasteiger partial charge on any atom is 0.410 e. The summed E-state index contributed by atoms with van der Waals surface area (Å²) in [5.74, 6) is -2.15. The molecule has 0 spiro atoms. The van der Waals surface area contributed by atoms with Crippen molar-refractivity contribution < 1.29 is 24.5 Å². The predicted octanol–water partition coefficient (Wildman–Crippen LogP) is 2.70. The molecule has 0 saturated carbocycles. The number of ether oxygens (including phenoxy) is 1. The highest BCUT2D eigenvalue weighted by molar-refractivity contribution is 5.79. The third-order valence-corrected chi connectivity index (χ3v) is 5.68. The van der Waals surface area contributed by atoms with Crippen LogP contribution in [0.1, 0.15) is 24.0 Å². The van der Waals surface area contributed by atoms with E-state index in [1.54, 1.807) is 6.92 Å². The normalized spacial score (nSPS) is 23.8. The number of carboxylic acids is 1. The topological polar surface area (TPSA) is 87.1 Å². The Bertz CT molecular complexity index is 850. The van der Waals surface area contributed by atoms with E-state index in [1.165, 1.54) is 4.90 Å². The third-order valence-electron chi connectivity index (χ3n) is 5.68. The highest BCUT2D eigenvalue weighted by Crippen LogP contribution is 2.44. The lowest BCUT2D eigenvalue weighted by molar-refractivity contribution is -0.144. The van der Waals surface area contributed by atoms with Gasteiger partial charge in [0.15, 0.2) is 0 Å². The number of aliphatic carboxylic acids is 1. The number of carboxylic acid groups (broad SMARTS) is 1. The van der Waals surface area contributed by atoms with Gasteiger partial charge in [0.2, 0.25) is 0 Å². The van der Waals surface area contributed by atoms with Crippen molar-refractivity contribution in [3.05, 3.63) is 59.7 Å². The summed E-state index contributed by atoms with van der Waals surface area (Å²) in [5.41, 5.74) is 4.52. The van der Waals surface area contributed by atoms with Gasteiger partial charge in [0, 0.05) is 12.5 Å². The number of hydrogen-bond donors (Lipinski definition) is 2. The Morgan fingerprint density at radius 2 is 1.63 bits per heavy atom. The first-order chi connectivity index (χ1) is 13.0. The van der Waals surface area contributed by atoms with Gasteiger partial charge in [0.1, 0.15) is 12.5 Å². The zero-order valence-electron chi connectivity index (χ0n) is 14.9. The summed E-state index contributed by atoms with van der Waals surface area (Å²) in [4.78, 5) is 25.1. The quantitative estimate of drug-likeness (QED) is 0.871. The van der Waals surface area contributed by atoms with Gasteiger partial charge in [-0.2, -0.15) is 0 Å². The Labute approximate surface area is 157 Å². The van der Waals surface area contributed by atoms with Gasteiger partial charge in [-0.1, -0.05) is 48.5 Å². The largest absolute Gasteiger partial charge is 0.481 e. The Morgan fingerprint density at radius 1 is 1.07 bits per heavy atom. The number of hydrogen-bond acceptors (Lipinski definition) is 4. The van der Waals surface area contributed by atoms with Crippen molar-refractivity contribution in [2.75, 3.05) is 13.2 Å². The van der Waals surface area contributed by atoms with E-state index in [4.69, 9.17) is 4.74 Å². The first-order valence-electron chi connectivity index (χ1n) is 9.01. The number of fused-ring (bicyclic) bond motifs is 3. The van der Waals surface area contributed by atoms with Crippen LogP contribution in [0, 0.1) is 5.92 Å². The van der Waals surface area contributed by atoms with E-state index in [1.807, 2.05) is 36.4 Å². The van der Waals surface area contributed by atoms with E-state index in [0.717, 1.165) is 22.3 Å². The number of amides is 1. The lowest BCUT2D eigenvalue weighted by Gasteiger charge is -2.23. The smallest absolute Gasteiger partial charge is 0.410 e. The second-order valence-electron chi connectivity index (χ2n) is 7.13. The summed E-state index contributed by atoms with van der Waals surface area (Å²) in [6.07, 6.45) is -1.69. The van der Waals surface area contributed by atoms with Crippen molar-refractivity contribution in [1.82, 2.24) is 4.90 Å². The molecule has 4 rings (SSSR count). The average Bonchev–Trinajstić information content (AvgIpc) is 3.15. The lowest BCUT2D eigenvalue weighted by atomic mass is 9.98. The first-order valence-corrected chi connectivity index (χ1v) is 9.01. The molecule has 0 bridgehead atoms. The number of rotatable bonds is 3. The molecule has 1 amide bonds. The van der Waals surface area contributed by atoms with E-state index in [9.17, 15) is 19.8 Å². The molecular formula is C21H21NO5. The van der Waals surface area contributed by atoms with E-state index < -0.39 is 30.1 Å². The van der Waals surface area contributed by atoms with E-state index in [-0.39, 0.29) is 19.1 Å². The fourth-order valence-electron chi connectivity index (χ4n) is 4.15. The average molecular weight is 367 g/mol. The van der Waals surface area contributed by atoms with Gasteiger partial charge in [0.25, 0.3) is 0 Å². The minimum absolute atomic E-state index is 0.0473. The van der Waals surface area contributed by atoms with Crippen LogP contribution in [0.15, 0.2) is 48.5 Å². The highest BCUT2D eigenvalue weighted by atomic mass is 16.6. The molecule has 0 aromatic heterocycles.